The van der Waals surface area contributed by atoms with E-state index in [4.69, 9.17) is 4.74 Å². The molecule has 2 rings (SSSR count). The van der Waals surface area contributed by atoms with E-state index in [-0.39, 0.29) is 42.0 Å². The fraction of sp³-hybridized carbons (Fsp3) is 0.619. The molecule has 0 radical (unpaired) electrons. The highest BCUT2D eigenvalue weighted by Gasteiger charge is 2.34. The molecule has 1 heterocycles. The third-order valence-corrected chi connectivity index (χ3v) is 4.81. The van der Waals surface area contributed by atoms with E-state index in [0.29, 0.717) is 0 Å². The summed E-state index contributed by atoms with van der Waals surface area (Å²) in [5.41, 5.74) is 1.69. The van der Waals surface area contributed by atoms with Crippen molar-refractivity contribution in [1.82, 2.24) is 10.2 Å². The van der Waals surface area contributed by atoms with Crippen LogP contribution in [0.15, 0.2) is 24.3 Å². The zero-order chi connectivity index (χ0) is 20.1. The van der Waals surface area contributed by atoms with Gasteiger partial charge < -0.3 is 15.4 Å². The van der Waals surface area contributed by atoms with Crippen LogP contribution in [0.2, 0.25) is 0 Å². The number of carbonyl (C=O) groups excluding carboxylic acids is 2. The van der Waals surface area contributed by atoms with E-state index in [1.165, 1.54) is 6.92 Å². The zero-order valence-corrected chi connectivity index (χ0v) is 17.3. The van der Waals surface area contributed by atoms with E-state index in [0.717, 1.165) is 24.3 Å². The molecule has 0 spiro atoms. The summed E-state index contributed by atoms with van der Waals surface area (Å²) in [5, 5.41) is 5.93. The Bertz CT molecular complexity index is 652. The minimum Gasteiger partial charge on any atom is -0.373 e. The van der Waals surface area contributed by atoms with Gasteiger partial charge in [0.2, 0.25) is 11.8 Å². The fourth-order valence-electron chi connectivity index (χ4n) is 3.81. The van der Waals surface area contributed by atoms with Gasteiger partial charge in [-0.2, -0.15) is 0 Å². The first-order valence-corrected chi connectivity index (χ1v) is 9.74. The first-order chi connectivity index (χ1) is 12.7. The maximum Gasteiger partial charge on any atom is 0.238 e. The average Bonchev–Trinajstić information content (AvgIpc) is 2.53. The van der Waals surface area contributed by atoms with Crippen molar-refractivity contribution in [1.29, 1.82) is 0 Å². The lowest BCUT2D eigenvalue weighted by Crippen LogP contribution is -2.57. The van der Waals surface area contributed by atoms with Gasteiger partial charge in [0.05, 0.1) is 24.3 Å². The van der Waals surface area contributed by atoms with Crippen LogP contribution in [-0.2, 0) is 14.3 Å². The Labute approximate surface area is 162 Å². The Balaban J connectivity index is 2.09. The molecule has 6 nitrogen and oxygen atoms in total. The third kappa shape index (κ3) is 6.04. The van der Waals surface area contributed by atoms with Crippen LogP contribution < -0.4 is 10.6 Å². The molecular weight excluding hydrogens is 342 g/mol. The molecule has 1 aromatic carbocycles. The van der Waals surface area contributed by atoms with Crippen LogP contribution in [-0.4, -0.2) is 48.1 Å². The number of carbonyl (C=O) groups is 2. The Morgan fingerprint density at radius 3 is 2.33 bits per heavy atom. The maximum absolute atomic E-state index is 13.1. The molecule has 2 N–H and O–H groups in total. The SMILES string of the molecule is CC(=O)Nc1cccc([C@H](C)NC(=O)[C@H](C(C)C)N2C[C@@H](C)O[C@@H](C)C2)c1. The van der Waals surface area contributed by atoms with Crippen LogP contribution in [0.3, 0.4) is 0 Å². The molecule has 1 aromatic rings. The Morgan fingerprint density at radius 2 is 1.78 bits per heavy atom. The average molecular weight is 376 g/mol. The lowest BCUT2D eigenvalue weighted by molar-refractivity contribution is -0.136. The van der Waals surface area contributed by atoms with E-state index < -0.39 is 0 Å². The van der Waals surface area contributed by atoms with Crippen LogP contribution in [0.5, 0.6) is 0 Å². The molecule has 1 fully saturated rings. The van der Waals surface area contributed by atoms with Crippen LogP contribution in [0.1, 0.15) is 53.1 Å². The molecule has 0 saturated carbocycles. The van der Waals surface area contributed by atoms with Crippen LogP contribution in [0.25, 0.3) is 0 Å². The van der Waals surface area contributed by atoms with Crippen molar-refractivity contribution in [3.8, 4) is 0 Å². The van der Waals surface area contributed by atoms with Gasteiger partial charge in [-0.1, -0.05) is 26.0 Å². The molecule has 2 amide bonds. The summed E-state index contributed by atoms with van der Waals surface area (Å²) in [5.74, 6) is 0.114. The molecule has 1 saturated heterocycles. The standard InChI is InChI=1S/C21H33N3O3/c1-13(2)20(24-11-14(3)27-15(4)12-24)21(26)22-16(5)18-8-7-9-19(10-18)23-17(6)25/h7-10,13-16,20H,11-12H2,1-6H3,(H,22,26)(H,23,25)/t14-,15+,16-,20-/m0/s1. The van der Waals surface area contributed by atoms with Gasteiger partial charge in [0, 0.05) is 25.7 Å². The first-order valence-electron chi connectivity index (χ1n) is 9.74. The number of hydrogen-bond donors (Lipinski definition) is 2. The normalized spacial score (nSPS) is 22.9. The number of benzene rings is 1. The number of morpholine rings is 1. The fourth-order valence-corrected chi connectivity index (χ4v) is 3.81. The van der Waals surface area contributed by atoms with Crippen molar-refractivity contribution < 1.29 is 14.3 Å². The molecule has 1 aliphatic rings. The Morgan fingerprint density at radius 1 is 1.15 bits per heavy atom. The van der Waals surface area contributed by atoms with E-state index in [9.17, 15) is 9.59 Å². The molecule has 4 atom stereocenters. The number of nitrogens with zero attached hydrogens (tertiary/aromatic N) is 1. The lowest BCUT2D eigenvalue weighted by atomic mass is 9.98. The second-order valence-corrected chi connectivity index (χ2v) is 7.94. The molecule has 0 aromatic heterocycles. The predicted molar refractivity (Wildman–Crippen MR) is 108 cm³/mol. The lowest BCUT2D eigenvalue weighted by Gasteiger charge is -2.41. The summed E-state index contributed by atoms with van der Waals surface area (Å²) in [6.07, 6.45) is 0.240. The van der Waals surface area contributed by atoms with Crippen LogP contribution in [0.4, 0.5) is 5.69 Å². The summed E-state index contributed by atoms with van der Waals surface area (Å²) in [7, 11) is 0. The van der Waals surface area contributed by atoms with Crippen LogP contribution >= 0.6 is 0 Å². The second-order valence-electron chi connectivity index (χ2n) is 7.94. The summed E-state index contributed by atoms with van der Waals surface area (Å²) < 4.78 is 5.81. The molecule has 150 valence electrons. The van der Waals surface area contributed by atoms with Gasteiger partial charge in [-0.25, -0.2) is 0 Å². The largest absolute Gasteiger partial charge is 0.373 e. The van der Waals surface area contributed by atoms with E-state index in [1.807, 2.05) is 45.0 Å². The zero-order valence-electron chi connectivity index (χ0n) is 17.3. The molecule has 27 heavy (non-hydrogen) atoms. The molecule has 0 unspecified atom stereocenters. The van der Waals surface area contributed by atoms with E-state index in [2.05, 4.69) is 29.4 Å². The number of anilines is 1. The minimum absolute atomic E-state index is 0.0312. The van der Waals surface area contributed by atoms with Crippen molar-refractivity contribution in [3.05, 3.63) is 29.8 Å². The number of hydrogen-bond acceptors (Lipinski definition) is 4. The minimum atomic E-state index is -0.195. The van der Waals surface area contributed by atoms with Gasteiger partial charge in [0.1, 0.15) is 0 Å². The maximum atomic E-state index is 13.1. The molecule has 6 heteroatoms. The van der Waals surface area contributed by atoms with Crippen molar-refractivity contribution in [2.75, 3.05) is 18.4 Å². The Hall–Kier alpha value is -1.92. The Kier molecular flexibility index (Phi) is 7.39. The van der Waals surface area contributed by atoms with Gasteiger partial charge in [0.15, 0.2) is 0 Å². The van der Waals surface area contributed by atoms with E-state index in [1.54, 1.807) is 0 Å². The van der Waals surface area contributed by atoms with Crippen molar-refractivity contribution in [2.24, 2.45) is 5.92 Å². The summed E-state index contributed by atoms with van der Waals surface area (Å²) in [4.78, 5) is 26.6. The van der Waals surface area contributed by atoms with Gasteiger partial charge >= 0.3 is 0 Å². The van der Waals surface area contributed by atoms with Gasteiger partial charge in [-0.3, -0.25) is 14.5 Å². The predicted octanol–water partition coefficient (Wildman–Crippen LogP) is 2.96. The molecular formula is C21H33N3O3. The van der Waals surface area contributed by atoms with Crippen molar-refractivity contribution >= 4 is 17.5 Å². The highest BCUT2D eigenvalue weighted by molar-refractivity contribution is 5.88. The second kappa shape index (κ2) is 9.33. The quantitative estimate of drug-likeness (QED) is 0.802. The number of nitrogens with one attached hydrogen (secondary N) is 2. The smallest absolute Gasteiger partial charge is 0.238 e. The highest BCUT2D eigenvalue weighted by Crippen LogP contribution is 2.21. The number of rotatable bonds is 6. The highest BCUT2D eigenvalue weighted by atomic mass is 16.5. The topological polar surface area (TPSA) is 70.7 Å². The summed E-state index contributed by atoms with van der Waals surface area (Å²) >= 11 is 0. The third-order valence-electron chi connectivity index (χ3n) is 4.81. The number of amides is 2. The monoisotopic (exact) mass is 375 g/mol. The van der Waals surface area contributed by atoms with E-state index >= 15 is 0 Å². The molecule has 0 bridgehead atoms. The first kappa shape index (κ1) is 21.4. The van der Waals surface area contributed by atoms with Gasteiger partial charge in [0.25, 0.3) is 0 Å². The molecule has 0 aliphatic carbocycles. The van der Waals surface area contributed by atoms with Crippen molar-refractivity contribution in [3.63, 3.8) is 0 Å². The summed E-state index contributed by atoms with van der Waals surface area (Å²) in [6.45, 7) is 13.2. The van der Waals surface area contributed by atoms with Gasteiger partial charge in [-0.15, -0.1) is 0 Å². The molecule has 1 aliphatic heterocycles. The summed E-state index contributed by atoms with van der Waals surface area (Å²) in [6, 6.07) is 7.24. The van der Waals surface area contributed by atoms with Crippen molar-refractivity contribution in [2.45, 2.75) is 65.8 Å². The van der Waals surface area contributed by atoms with Crippen LogP contribution in [0, 0.1) is 5.92 Å². The number of ether oxygens (including phenoxy) is 1. The van der Waals surface area contributed by atoms with Gasteiger partial charge in [-0.05, 0) is 44.4 Å².